The molecule has 1 saturated heterocycles. The summed E-state index contributed by atoms with van der Waals surface area (Å²) in [5, 5.41) is 20.7. The zero-order chi connectivity index (χ0) is 28.3. The number of aromatic hydroxyl groups is 1. The summed E-state index contributed by atoms with van der Waals surface area (Å²) in [7, 11) is 0. The number of benzene rings is 5. The Kier molecular flexibility index (Phi) is 7.36. The van der Waals surface area contributed by atoms with Crippen LogP contribution in [0.2, 0.25) is 0 Å². The lowest BCUT2D eigenvalue weighted by Crippen LogP contribution is -2.55. The van der Waals surface area contributed by atoms with Gasteiger partial charge in [0, 0.05) is 5.69 Å². The van der Waals surface area contributed by atoms with E-state index in [1.807, 2.05) is 83.8 Å². The van der Waals surface area contributed by atoms with E-state index >= 15 is 0 Å². The number of carbonyl (C=O) groups excluding carboxylic acids is 1. The third-order valence-corrected chi connectivity index (χ3v) is 7.90. The number of aliphatic hydroxyl groups excluding tert-OH is 1. The van der Waals surface area contributed by atoms with Gasteiger partial charge in [-0.05, 0) is 82.6 Å². The van der Waals surface area contributed by atoms with Gasteiger partial charge in [-0.1, -0.05) is 91.0 Å². The lowest BCUT2D eigenvalue weighted by Gasteiger charge is -2.48. The summed E-state index contributed by atoms with van der Waals surface area (Å²) in [4.78, 5) is 15.4. The van der Waals surface area contributed by atoms with Crippen molar-refractivity contribution in [1.82, 2.24) is 0 Å². The van der Waals surface area contributed by atoms with Crippen molar-refractivity contribution < 1.29 is 19.4 Å². The van der Waals surface area contributed by atoms with Gasteiger partial charge in [-0.3, -0.25) is 4.79 Å². The van der Waals surface area contributed by atoms with E-state index in [1.165, 1.54) is 12.1 Å². The first-order valence-corrected chi connectivity index (χ1v) is 13.8. The van der Waals surface area contributed by atoms with Gasteiger partial charge >= 0.3 is 0 Å². The van der Waals surface area contributed by atoms with Crippen molar-refractivity contribution in [3.63, 3.8) is 0 Å². The van der Waals surface area contributed by atoms with Crippen molar-refractivity contribution in [1.29, 1.82) is 0 Å². The normalized spacial score (nSPS) is 17.2. The molecule has 1 fully saturated rings. The Morgan fingerprint density at radius 3 is 2.00 bits per heavy atom. The molecule has 1 aliphatic rings. The first kappa shape index (κ1) is 26.5. The standard InChI is InChI=1S/C36H30FNO3/c37-30-17-13-27(14-18-30)34(40)22-21-33-35(28-11-9-26(10-12-28)29-7-4-8-32(39)23-29)38(36(33)41)31-19-15-25(16-20-31)24-5-2-1-3-6-24/h1-20,23,33-35,39-40H,21-22H2/t33?,34-,35+/m0/s1. The number of anilines is 1. The van der Waals surface area contributed by atoms with E-state index in [1.54, 1.807) is 24.3 Å². The fourth-order valence-corrected chi connectivity index (χ4v) is 5.69. The summed E-state index contributed by atoms with van der Waals surface area (Å²) in [6.45, 7) is 0. The minimum Gasteiger partial charge on any atom is -0.508 e. The van der Waals surface area contributed by atoms with Crippen LogP contribution in [-0.4, -0.2) is 16.1 Å². The topological polar surface area (TPSA) is 60.8 Å². The number of phenolic OH excluding ortho intramolecular Hbond substituents is 1. The average Bonchev–Trinajstić information content (AvgIpc) is 3.01. The molecule has 6 rings (SSSR count). The average molecular weight is 544 g/mol. The van der Waals surface area contributed by atoms with E-state index < -0.39 is 6.10 Å². The van der Waals surface area contributed by atoms with Crippen LogP contribution in [0.25, 0.3) is 22.3 Å². The van der Waals surface area contributed by atoms with Gasteiger partial charge in [-0.25, -0.2) is 4.39 Å². The van der Waals surface area contributed by atoms with E-state index in [0.29, 0.717) is 18.4 Å². The maximum atomic E-state index is 13.6. The van der Waals surface area contributed by atoms with Crippen LogP contribution in [0.5, 0.6) is 5.75 Å². The molecule has 1 heterocycles. The van der Waals surface area contributed by atoms with E-state index in [9.17, 15) is 19.4 Å². The van der Waals surface area contributed by atoms with Crippen LogP contribution in [-0.2, 0) is 4.79 Å². The summed E-state index contributed by atoms with van der Waals surface area (Å²) in [6.07, 6.45) is 0.103. The second-order valence-electron chi connectivity index (χ2n) is 10.5. The van der Waals surface area contributed by atoms with Crippen molar-refractivity contribution in [2.45, 2.75) is 25.0 Å². The molecule has 1 amide bonds. The molecular weight excluding hydrogens is 513 g/mol. The number of rotatable bonds is 8. The van der Waals surface area contributed by atoms with Crippen LogP contribution in [0.15, 0.2) is 127 Å². The molecule has 5 aromatic rings. The molecular formula is C36H30FNO3. The van der Waals surface area contributed by atoms with Crippen molar-refractivity contribution >= 4 is 11.6 Å². The summed E-state index contributed by atoms with van der Waals surface area (Å²) in [6, 6.07) is 39.0. The first-order valence-electron chi connectivity index (χ1n) is 13.8. The summed E-state index contributed by atoms with van der Waals surface area (Å²) < 4.78 is 13.4. The van der Waals surface area contributed by atoms with Crippen LogP contribution in [0.1, 0.15) is 36.1 Å². The van der Waals surface area contributed by atoms with Gasteiger partial charge in [-0.15, -0.1) is 0 Å². The molecule has 0 aliphatic carbocycles. The Balaban J connectivity index is 1.27. The Morgan fingerprint density at radius 1 is 0.707 bits per heavy atom. The third-order valence-electron chi connectivity index (χ3n) is 7.90. The quantitative estimate of drug-likeness (QED) is 0.195. The zero-order valence-corrected chi connectivity index (χ0v) is 22.4. The number of hydrogen-bond acceptors (Lipinski definition) is 3. The molecule has 204 valence electrons. The molecule has 1 unspecified atom stereocenters. The van der Waals surface area contributed by atoms with Gasteiger partial charge in [0.15, 0.2) is 0 Å². The molecule has 2 N–H and O–H groups in total. The van der Waals surface area contributed by atoms with Crippen LogP contribution < -0.4 is 4.90 Å². The second-order valence-corrected chi connectivity index (χ2v) is 10.5. The molecule has 3 atom stereocenters. The van der Waals surface area contributed by atoms with E-state index in [0.717, 1.165) is 33.5 Å². The van der Waals surface area contributed by atoms with Crippen molar-refractivity contribution in [3.05, 3.63) is 144 Å². The SMILES string of the molecule is O=C1C(CC[C@H](O)c2ccc(F)cc2)[C@@H](c2ccc(-c3cccc(O)c3)cc2)N1c1ccc(-c2ccccc2)cc1. The van der Waals surface area contributed by atoms with E-state index in [2.05, 4.69) is 12.1 Å². The predicted octanol–water partition coefficient (Wildman–Crippen LogP) is 8.08. The monoisotopic (exact) mass is 543 g/mol. The summed E-state index contributed by atoms with van der Waals surface area (Å²) in [5.41, 5.74) is 6.53. The van der Waals surface area contributed by atoms with Gasteiger partial charge in [0.05, 0.1) is 18.1 Å². The summed E-state index contributed by atoms with van der Waals surface area (Å²) in [5.74, 6) is -0.421. The van der Waals surface area contributed by atoms with Crippen molar-refractivity contribution in [3.8, 4) is 28.0 Å². The fourth-order valence-electron chi connectivity index (χ4n) is 5.69. The molecule has 5 aromatic carbocycles. The van der Waals surface area contributed by atoms with Gasteiger partial charge in [-0.2, -0.15) is 0 Å². The number of aliphatic hydroxyl groups is 1. The van der Waals surface area contributed by atoms with Crippen LogP contribution in [0, 0.1) is 11.7 Å². The molecule has 41 heavy (non-hydrogen) atoms. The van der Waals surface area contributed by atoms with E-state index in [-0.39, 0.29) is 29.4 Å². The predicted molar refractivity (Wildman–Crippen MR) is 160 cm³/mol. The highest BCUT2D eigenvalue weighted by molar-refractivity contribution is 6.03. The zero-order valence-electron chi connectivity index (χ0n) is 22.4. The first-order chi connectivity index (χ1) is 20.0. The van der Waals surface area contributed by atoms with Crippen LogP contribution in [0.4, 0.5) is 10.1 Å². The molecule has 0 aromatic heterocycles. The van der Waals surface area contributed by atoms with Gasteiger partial charge < -0.3 is 15.1 Å². The Bertz CT molecular complexity index is 1630. The van der Waals surface area contributed by atoms with Gasteiger partial charge in [0.1, 0.15) is 11.6 Å². The lowest BCUT2D eigenvalue weighted by molar-refractivity contribution is -0.131. The highest BCUT2D eigenvalue weighted by Gasteiger charge is 2.48. The van der Waals surface area contributed by atoms with Gasteiger partial charge in [0.25, 0.3) is 0 Å². The molecule has 4 nitrogen and oxygen atoms in total. The van der Waals surface area contributed by atoms with E-state index in [4.69, 9.17) is 0 Å². The second kappa shape index (κ2) is 11.4. The van der Waals surface area contributed by atoms with Crippen LogP contribution >= 0.6 is 0 Å². The molecule has 1 aliphatic heterocycles. The Hall–Kier alpha value is -4.74. The molecule has 0 bridgehead atoms. The number of nitrogens with zero attached hydrogens (tertiary/aromatic N) is 1. The number of phenols is 1. The third kappa shape index (κ3) is 5.49. The maximum Gasteiger partial charge on any atom is 0.233 e. The van der Waals surface area contributed by atoms with Gasteiger partial charge in [0.2, 0.25) is 5.91 Å². The number of β-lactam (4-membered cyclic amide) rings is 1. The van der Waals surface area contributed by atoms with Crippen LogP contribution in [0.3, 0.4) is 0 Å². The summed E-state index contributed by atoms with van der Waals surface area (Å²) >= 11 is 0. The molecule has 0 saturated carbocycles. The molecule has 5 heteroatoms. The number of amides is 1. The highest BCUT2D eigenvalue weighted by Crippen LogP contribution is 2.47. The Morgan fingerprint density at radius 2 is 1.32 bits per heavy atom. The lowest BCUT2D eigenvalue weighted by atomic mass is 9.78. The Labute approximate surface area is 239 Å². The largest absolute Gasteiger partial charge is 0.508 e. The minimum atomic E-state index is -0.781. The van der Waals surface area contributed by atoms with Crippen molar-refractivity contribution in [2.75, 3.05) is 4.90 Å². The minimum absolute atomic E-state index is 0.0193. The van der Waals surface area contributed by atoms with Crippen molar-refractivity contribution in [2.24, 2.45) is 5.92 Å². The number of carbonyl (C=O) groups is 1. The molecule has 0 spiro atoms. The fraction of sp³-hybridized carbons (Fsp3) is 0.139. The maximum absolute atomic E-state index is 13.6. The molecule has 0 radical (unpaired) electrons. The highest BCUT2D eigenvalue weighted by atomic mass is 19.1. The number of halogens is 1. The smallest absolute Gasteiger partial charge is 0.233 e. The number of hydrogen-bond donors (Lipinski definition) is 2.